The van der Waals surface area contributed by atoms with Crippen LogP contribution in [0.3, 0.4) is 0 Å². The average molecular weight is 299 g/mol. The third-order valence-electron chi connectivity index (χ3n) is 3.86. The highest BCUT2D eigenvalue weighted by atomic mass is 32.2. The molecule has 6 heteroatoms. The first-order valence-electron chi connectivity index (χ1n) is 6.53. The predicted molar refractivity (Wildman–Crippen MR) is 74.3 cm³/mol. The molecule has 0 bridgehead atoms. The molecule has 0 radical (unpaired) electrons. The highest BCUT2D eigenvalue weighted by Crippen LogP contribution is 2.25. The SMILES string of the molecule is CC(c1ccc(F)cc1)N(C)C(=O)C1CCS(=O)(=O)C1. The molecule has 2 unspecified atom stereocenters. The maximum absolute atomic E-state index is 12.9. The van der Waals surface area contributed by atoms with Crippen molar-refractivity contribution >= 4 is 15.7 Å². The minimum atomic E-state index is -3.07. The molecule has 2 atom stereocenters. The van der Waals surface area contributed by atoms with E-state index in [1.807, 2.05) is 6.92 Å². The summed E-state index contributed by atoms with van der Waals surface area (Å²) in [5.74, 6) is -0.915. The van der Waals surface area contributed by atoms with Crippen molar-refractivity contribution in [3.63, 3.8) is 0 Å². The Morgan fingerprint density at radius 1 is 1.35 bits per heavy atom. The van der Waals surface area contributed by atoms with Crippen LogP contribution in [0.4, 0.5) is 4.39 Å². The van der Waals surface area contributed by atoms with Gasteiger partial charge in [0, 0.05) is 7.05 Å². The second-order valence-corrected chi connectivity index (χ2v) is 7.51. The minimum Gasteiger partial charge on any atom is -0.339 e. The Hall–Kier alpha value is -1.43. The van der Waals surface area contributed by atoms with Crippen molar-refractivity contribution < 1.29 is 17.6 Å². The third kappa shape index (κ3) is 3.17. The van der Waals surface area contributed by atoms with Gasteiger partial charge < -0.3 is 4.90 Å². The van der Waals surface area contributed by atoms with E-state index < -0.39 is 15.8 Å². The van der Waals surface area contributed by atoms with Crippen LogP contribution in [0.5, 0.6) is 0 Å². The number of carbonyl (C=O) groups is 1. The molecule has 0 spiro atoms. The summed E-state index contributed by atoms with van der Waals surface area (Å²) < 4.78 is 35.8. The molecular formula is C14H18FNO3S. The number of rotatable bonds is 3. The van der Waals surface area contributed by atoms with Crippen LogP contribution in [0.2, 0.25) is 0 Å². The molecule has 1 heterocycles. The standard InChI is InChI=1S/C14H18FNO3S/c1-10(11-3-5-13(15)6-4-11)16(2)14(17)12-7-8-20(18,19)9-12/h3-6,10,12H,7-9H2,1-2H3. The zero-order chi connectivity index (χ0) is 14.9. The van der Waals surface area contributed by atoms with Gasteiger partial charge in [0.2, 0.25) is 5.91 Å². The van der Waals surface area contributed by atoms with Crippen molar-refractivity contribution in [2.45, 2.75) is 19.4 Å². The van der Waals surface area contributed by atoms with E-state index in [4.69, 9.17) is 0 Å². The molecule has 1 aromatic carbocycles. The fraction of sp³-hybridized carbons (Fsp3) is 0.500. The lowest BCUT2D eigenvalue weighted by atomic mass is 10.0. The van der Waals surface area contributed by atoms with Gasteiger partial charge in [-0.1, -0.05) is 12.1 Å². The summed E-state index contributed by atoms with van der Waals surface area (Å²) >= 11 is 0. The number of carbonyl (C=O) groups excluding carboxylic acids is 1. The van der Waals surface area contributed by atoms with Crippen LogP contribution < -0.4 is 0 Å². The Balaban J connectivity index is 2.08. The van der Waals surface area contributed by atoms with E-state index in [1.165, 1.54) is 12.1 Å². The molecule has 0 N–H and O–H groups in total. The van der Waals surface area contributed by atoms with Crippen molar-refractivity contribution in [3.05, 3.63) is 35.6 Å². The number of benzene rings is 1. The third-order valence-corrected chi connectivity index (χ3v) is 5.63. The molecule has 20 heavy (non-hydrogen) atoms. The van der Waals surface area contributed by atoms with Crippen LogP contribution in [0.15, 0.2) is 24.3 Å². The summed E-state index contributed by atoms with van der Waals surface area (Å²) in [6.07, 6.45) is 0.391. The van der Waals surface area contributed by atoms with E-state index in [0.29, 0.717) is 6.42 Å². The number of nitrogens with zero attached hydrogens (tertiary/aromatic N) is 1. The molecule has 0 aliphatic carbocycles. The van der Waals surface area contributed by atoms with Gasteiger partial charge in [-0.3, -0.25) is 4.79 Å². The van der Waals surface area contributed by atoms with Gasteiger partial charge in [0.05, 0.1) is 23.5 Å². The number of hydrogen-bond donors (Lipinski definition) is 0. The van der Waals surface area contributed by atoms with Crippen molar-refractivity contribution in [2.75, 3.05) is 18.6 Å². The topological polar surface area (TPSA) is 54.5 Å². The molecule has 0 saturated carbocycles. The molecule has 110 valence electrons. The molecule has 1 amide bonds. The molecule has 1 aliphatic rings. The van der Waals surface area contributed by atoms with Gasteiger partial charge in [-0.15, -0.1) is 0 Å². The Labute approximate surface area is 118 Å². The summed E-state index contributed by atoms with van der Waals surface area (Å²) in [6, 6.07) is 5.75. The second kappa shape index (κ2) is 5.52. The first-order chi connectivity index (χ1) is 9.30. The lowest BCUT2D eigenvalue weighted by Crippen LogP contribution is -2.35. The zero-order valence-electron chi connectivity index (χ0n) is 11.5. The molecule has 1 aliphatic heterocycles. The number of halogens is 1. The number of sulfone groups is 1. The Morgan fingerprint density at radius 2 is 1.95 bits per heavy atom. The van der Waals surface area contributed by atoms with E-state index in [0.717, 1.165) is 5.56 Å². The van der Waals surface area contributed by atoms with Gasteiger partial charge in [0.1, 0.15) is 5.82 Å². The smallest absolute Gasteiger partial charge is 0.226 e. The van der Waals surface area contributed by atoms with Gasteiger partial charge in [-0.05, 0) is 31.0 Å². The Morgan fingerprint density at radius 3 is 2.45 bits per heavy atom. The summed E-state index contributed by atoms with van der Waals surface area (Å²) in [5, 5.41) is 0. The highest BCUT2D eigenvalue weighted by molar-refractivity contribution is 7.91. The Kier molecular flexibility index (Phi) is 4.13. The Bertz CT molecular complexity index is 597. The monoisotopic (exact) mass is 299 g/mol. The van der Waals surface area contributed by atoms with E-state index >= 15 is 0 Å². The predicted octanol–water partition coefficient (Wildman–Crippen LogP) is 1.78. The van der Waals surface area contributed by atoms with Crippen LogP contribution in [0, 0.1) is 11.7 Å². The van der Waals surface area contributed by atoms with Crippen LogP contribution in [-0.4, -0.2) is 37.8 Å². The molecule has 1 saturated heterocycles. The zero-order valence-corrected chi connectivity index (χ0v) is 12.4. The fourth-order valence-electron chi connectivity index (χ4n) is 2.43. The van der Waals surface area contributed by atoms with Crippen LogP contribution in [0.25, 0.3) is 0 Å². The van der Waals surface area contributed by atoms with E-state index in [2.05, 4.69) is 0 Å². The minimum absolute atomic E-state index is 0.0632. The molecule has 1 aromatic rings. The lowest BCUT2D eigenvalue weighted by Gasteiger charge is -2.27. The normalized spacial score (nSPS) is 22.4. The summed E-state index contributed by atoms with van der Waals surface area (Å²) in [4.78, 5) is 13.8. The van der Waals surface area contributed by atoms with Crippen molar-refractivity contribution in [1.82, 2.24) is 4.90 Å². The largest absolute Gasteiger partial charge is 0.339 e. The van der Waals surface area contributed by atoms with Gasteiger partial charge in [0.25, 0.3) is 0 Å². The molecule has 1 fully saturated rings. The maximum Gasteiger partial charge on any atom is 0.226 e. The van der Waals surface area contributed by atoms with E-state index in [9.17, 15) is 17.6 Å². The number of amides is 1. The maximum atomic E-state index is 12.9. The van der Waals surface area contributed by atoms with Crippen molar-refractivity contribution in [3.8, 4) is 0 Å². The highest BCUT2D eigenvalue weighted by Gasteiger charge is 2.35. The molecular weight excluding hydrogens is 281 g/mol. The average Bonchev–Trinajstić information content (AvgIpc) is 2.77. The lowest BCUT2D eigenvalue weighted by molar-refractivity contribution is -0.135. The second-order valence-electron chi connectivity index (χ2n) is 5.28. The van der Waals surface area contributed by atoms with Gasteiger partial charge >= 0.3 is 0 Å². The molecule has 2 rings (SSSR count). The van der Waals surface area contributed by atoms with Crippen LogP contribution >= 0.6 is 0 Å². The fourth-order valence-corrected chi connectivity index (χ4v) is 4.17. The van der Waals surface area contributed by atoms with Gasteiger partial charge in [-0.2, -0.15) is 0 Å². The van der Waals surface area contributed by atoms with E-state index in [1.54, 1.807) is 24.1 Å². The number of hydrogen-bond acceptors (Lipinski definition) is 3. The summed E-state index contributed by atoms with van der Waals surface area (Å²) in [7, 11) is -1.41. The van der Waals surface area contributed by atoms with Crippen LogP contribution in [-0.2, 0) is 14.6 Å². The quantitative estimate of drug-likeness (QED) is 0.855. The van der Waals surface area contributed by atoms with Crippen molar-refractivity contribution in [1.29, 1.82) is 0 Å². The van der Waals surface area contributed by atoms with E-state index in [-0.39, 0.29) is 29.3 Å². The first kappa shape index (κ1) is 15.0. The summed E-state index contributed by atoms with van der Waals surface area (Å²) in [5.41, 5.74) is 0.822. The van der Waals surface area contributed by atoms with Gasteiger partial charge in [0.15, 0.2) is 9.84 Å². The van der Waals surface area contributed by atoms with Gasteiger partial charge in [-0.25, -0.2) is 12.8 Å². The molecule has 4 nitrogen and oxygen atoms in total. The molecule has 0 aromatic heterocycles. The summed E-state index contributed by atoms with van der Waals surface area (Å²) in [6.45, 7) is 1.84. The first-order valence-corrected chi connectivity index (χ1v) is 8.35. The van der Waals surface area contributed by atoms with Crippen LogP contribution in [0.1, 0.15) is 24.9 Å². The van der Waals surface area contributed by atoms with Crippen molar-refractivity contribution in [2.24, 2.45) is 5.92 Å².